The Hall–Kier alpha value is -2.70. The zero-order chi connectivity index (χ0) is 30.1. The summed E-state index contributed by atoms with van der Waals surface area (Å²) < 4.78 is 25.0. The number of anilines is 1. The van der Waals surface area contributed by atoms with Crippen LogP contribution in [0.4, 0.5) is 5.69 Å². The molecule has 1 aromatic carbocycles. The molecule has 0 bridgehead atoms. The number of carboxylic acid groups (broad SMARTS) is 3. The number of unbranched alkanes of at least 4 members (excludes halogenated alkanes) is 4. The van der Waals surface area contributed by atoms with Gasteiger partial charge in [-0.25, -0.2) is 13.2 Å². The molecule has 1 unspecified atom stereocenters. The van der Waals surface area contributed by atoms with Gasteiger partial charge in [-0.3, -0.25) is 14.3 Å². The van der Waals surface area contributed by atoms with Crippen molar-refractivity contribution >= 4 is 33.6 Å². The van der Waals surface area contributed by atoms with E-state index < -0.39 is 46.4 Å². The van der Waals surface area contributed by atoms with Crippen molar-refractivity contribution in [2.24, 2.45) is 0 Å². The fraction of sp³-hybridized carbons (Fsp3) is 0.667. The van der Waals surface area contributed by atoms with Gasteiger partial charge in [-0.2, -0.15) is 0 Å². The van der Waals surface area contributed by atoms with Gasteiger partial charge in [-0.1, -0.05) is 51.7 Å². The minimum absolute atomic E-state index is 0.623. The SMILES string of the molecule is CCCCCCCN(CC)C(C)CCCc1ccc(NS(C)(=O)=O)cc1.O=C(O)CC(O)(CC(=O)O)C(=O)O. The molecule has 224 valence electrons. The molecule has 11 nitrogen and oxygen atoms in total. The highest BCUT2D eigenvalue weighted by atomic mass is 32.2. The molecule has 12 heteroatoms. The molecular weight excluding hydrogens is 528 g/mol. The van der Waals surface area contributed by atoms with Crippen LogP contribution in [0.25, 0.3) is 0 Å². The minimum atomic E-state index is -3.20. The molecule has 1 atom stereocenters. The van der Waals surface area contributed by atoms with Gasteiger partial charge in [0.05, 0.1) is 19.1 Å². The maximum atomic E-state index is 11.2. The predicted molar refractivity (Wildman–Crippen MR) is 150 cm³/mol. The number of sulfonamides is 1. The molecule has 5 N–H and O–H groups in total. The summed E-state index contributed by atoms with van der Waals surface area (Å²) in [6.45, 7) is 9.20. The first-order valence-electron chi connectivity index (χ1n) is 13.3. The van der Waals surface area contributed by atoms with Crippen LogP contribution in [0, 0.1) is 0 Å². The van der Waals surface area contributed by atoms with E-state index in [0.29, 0.717) is 11.7 Å². The third kappa shape index (κ3) is 17.5. The van der Waals surface area contributed by atoms with Crippen LogP contribution in [-0.2, 0) is 30.8 Å². The summed E-state index contributed by atoms with van der Waals surface area (Å²) in [5.74, 6) is -5.02. The van der Waals surface area contributed by atoms with E-state index in [4.69, 9.17) is 20.4 Å². The molecule has 1 aromatic rings. The summed E-state index contributed by atoms with van der Waals surface area (Å²) in [6.07, 6.45) is 8.98. The number of nitrogens with one attached hydrogen (secondary N) is 1. The van der Waals surface area contributed by atoms with Gasteiger partial charge in [0, 0.05) is 11.7 Å². The van der Waals surface area contributed by atoms with Crippen molar-refractivity contribution in [3.8, 4) is 0 Å². The maximum Gasteiger partial charge on any atom is 0.336 e. The number of carbonyl (C=O) groups is 3. The normalized spacial score (nSPS) is 12.4. The number of benzene rings is 1. The zero-order valence-electron chi connectivity index (χ0n) is 23.6. The van der Waals surface area contributed by atoms with Gasteiger partial charge in [0.2, 0.25) is 10.0 Å². The largest absolute Gasteiger partial charge is 0.481 e. The Bertz CT molecular complexity index is 965. The Morgan fingerprint density at radius 3 is 1.90 bits per heavy atom. The number of carboxylic acids is 3. The number of aliphatic carboxylic acids is 3. The first-order chi connectivity index (χ1) is 18.1. The van der Waals surface area contributed by atoms with Crippen LogP contribution in [0.5, 0.6) is 0 Å². The Balaban J connectivity index is 0.000000935. The molecule has 0 spiro atoms. The third-order valence-electron chi connectivity index (χ3n) is 6.21. The second-order valence-electron chi connectivity index (χ2n) is 9.83. The second-order valence-corrected chi connectivity index (χ2v) is 11.6. The number of nitrogens with zero attached hydrogens (tertiary/aromatic N) is 1. The van der Waals surface area contributed by atoms with Crippen molar-refractivity contribution < 1.29 is 43.2 Å². The smallest absolute Gasteiger partial charge is 0.336 e. The summed E-state index contributed by atoms with van der Waals surface area (Å²) in [6, 6.07) is 8.34. The van der Waals surface area contributed by atoms with Gasteiger partial charge in [0.25, 0.3) is 0 Å². The van der Waals surface area contributed by atoms with Crippen LogP contribution in [0.15, 0.2) is 24.3 Å². The van der Waals surface area contributed by atoms with Crippen LogP contribution >= 0.6 is 0 Å². The molecule has 0 fully saturated rings. The molecule has 0 saturated heterocycles. The van der Waals surface area contributed by atoms with Gasteiger partial charge in [-0.15, -0.1) is 0 Å². The van der Waals surface area contributed by atoms with Crippen LogP contribution in [0.3, 0.4) is 0 Å². The number of hydrogen-bond donors (Lipinski definition) is 5. The summed E-state index contributed by atoms with van der Waals surface area (Å²) >= 11 is 0. The van der Waals surface area contributed by atoms with E-state index in [1.54, 1.807) is 0 Å². The Morgan fingerprint density at radius 1 is 0.923 bits per heavy atom. The second kappa shape index (κ2) is 18.6. The van der Waals surface area contributed by atoms with Crippen molar-refractivity contribution in [2.45, 2.75) is 96.6 Å². The Morgan fingerprint density at radius 2 is 1.46 bits per heavy atom. The van der Waals surface area contributed by atoms with E-state index in [9.17, 15) is 22.8 Å². The van der Waals surface area contributed by atoms with Gasteiger partial charge < -0.3 is 25.3 Å². The number of rotatable bonds is 19. The molecule has 0 aliphatic heterocycles. The van der Waals surface area contributed by atoms with Crippen molar-refractivity contribution in [3.05, 3.63) is 29.8 Å². The lowest BCUT2D eigenvalue weighted by Crippen LogP contribution is -2.42. The lowest BCUT2D eigenvalue weighted by atomic mass is 9.96. The molecule has 0 amide bonds. The van der Waals surface area contributed by atoms with Crippen molar-refractivity contribution in [1.29, 1.82) is 0 Å². The third-order valence-corrected chi connectivity index (χ3v) is 6.81. The fourth-order valence-corrected chi connectivity index (χ4v) is 4.62. The van der Waals surface area contributed by atoms with Gasteiger partial charge >= 0.3 is 17.9 Å². The summed E-state index contributed by atoms with van der Waals surface area (Å²) in [5.41, 5.74) is -0.846. The highest BCUT2D eigenvalue weighted by Crippen LogP contribution is 2.17. The van der Waals surface area contributed by atoms with Gasteiger partial charge in [-0.05, 0) is 63.4 Å². The molecule has 0 heterocycles. The molecule has 0 saturated carbocycles. The fourth-order valence-electron chi connectivity index (χ4n) is 4.06. The topological polar surface area (TPSA) is 182 Å². The molecule has 39 heavy (non-hydrogen) atoms. The number of aryl methyl sites for hydroxylation is 1. The van der Waals surface area contributed by atoms with E-state index >= 15 is 0 Å². The average Bonchev–Trinajstić information content (AvgIpc) is 2.81. The first kappa shape index (κ1) is 36.3. The minimum Gasteiger partial charge on any atom is -0.481 e. The number of aliphatic hydroxyl groups is 1. The maximum absolute atomic E-state index is 11.2. The van der Waals surface area contributed by atoms with E-state index in [1.165, 1.54) is 56.9 Å². The Labute approximate surface area is 232 Å². The van der Waals surface area contributed by atoms with E-state index in [0.717, 1.165) is 19.4 Å². The van der Waals surface area contributed by atoms with Crippen LogP contribution in [0.1, 0.15) is 84.1 Å². The van der Waals surface area contributed by atoms with Crippen LogP contribution < -0.4 is 4.72 Å². The van der Waals surface area contributed by atoms with Gasteiger partial charge in [0.15, 0.2) is 5.60 Å². The lowest BCUT2D eigenvalue weighted by molar-refractivity contribution is -0.170. The highest BCUT2D eigenvalue weighted by Gasteiger charge is 2.40. The van der Waals surface area contributed by atoms with Crippen molar-refractivity contribution in [2.75, 3.05) is 24.1 Å². The summed E-state index contributed by atoms with van der Waals surface area (Å²) in [4.78, 5) is 33.1. The molecule has 0 aromatic heterocycles. The monoisotopic (exact) mass is 574 g/mol. The van der Waals surface area contributed by atoms with E-state index in [-0.39, 0.29) is 0 Å². The van der Waals surface area contributed by atoms with Crippen molar-refractivity contribution in [3.63, 3.8) is 0 Å². The van der Waals surface area contributed by atoms with Crippen LogP contribution in [0.2, 0.25) is 0 Å². The molecule has 0 aliphatic carbocycles. The predicted octanol–water partition coefficient (Wildman–Crippen LogP) is 3.81. The summed E-state index contributed by atoms with van der Waals surface area (Å²) in [7, 11) is -3.20. The summed E-state index contributed by atoms with van der Waals surface area (Å²) in [5, 5.41) is 33.8. The quantitative estimate of drug-likeness (QED) is 0.152. The highest BCUT2D eigenvalue weighted by molar-refractivity contribution is 7.92. The van der Waals surface area contributed by atoms with E-state index in [1.807, 2.05) is 24.3 Å². The number of hydrogen-bond acceptors (Lipinski definition) is 7. The van der Waals surface area contributed by atoms with Gasteiger partial charge in [0.1, 0.15) is 0 Å². The first-order valence-corrected chi connectivity index (χ1v) is 15.2. The zero-order valence-corrected chi connectivity index (χ0v) is 24.4. The van der Waals surface area contributed by atoms with Crippen LogP contribution in [-0.4, -0.2) is 82.6 Å². The molecular formula is C27H46N2O9S. The molecule has 1 rings (SSSR count). The van der Waals surface area contributed by atoms with Crippen molar-refractivity contribution in [1.82, 2.24) is 4.90 Å². The lowest BCUT2D eigenvalue weighted by Gasteiger charge is -2.28. The standard InChI is InChI=1S/C21H38N2O2S.C6H8O7/c1-5-7-8-9-10-18-23(6-2)19(3)12-11-13-20-14-16-21(17-15-20)22-26(4,24)25;7-3(8)1-6(13,5(11)12)2-4(9)10/h14-17,19,22H,5-13,18H2,1-4H3;13H,1-2H2,(H,7,8)(H,9,10)(H,11,12). The molecule has 0 radical (unpaired) electrons. The molecule has 0 aliphatic rings. The Kier molecular flexibility index (Phi) is 17.3. The average molecular weight is 575 g/mol. The van der Waals surface area contributed by atoms with E-state index in [2.05, 4.69) is 30.4 Å².